The third-order valence-corrected chi connectivity index (χ3v) is 4.25. The highest BCUT2D eigenvalue weighted by atomic mass is 19.4. The highest BCUT2D eigenvalue weighted by Gasteiger charge is 2.37. The zero-order valence-electron chi connectivity index (χ0n) is 16.1. The van der Waals surface area contributed by atoms with Gasteiger partial charge in [0.25, 0.3) is 5.56 Å². The van der Waals surface area contributed by atoms with E-state index in [9.17, 15) is 40.7 Å². The minimum atomic E-state index is -5.21. The van der Waals surface area contributed by atoms with Crippen LogP contribution < -0.4 is 11.2 Å². The van der Waals surface area contributed by atoms with Gasteiger partial charge in [-0.15, -0.1) is 5.10 Å². The van der Waals surface area contributed by atoms with Crippen LogP contribution in [0.3, 0.4) is 0 Å². The van der Waals surface area contributed by atoms with Crippen molar-refractivity contribution in [3.63, 3.8) is 0 Å². The molecule has 0 aliphatic heterocycles. The number of carbonyl (C=O) groups is 1. The number of halogens is 6. The number of tetrazole rings is 1. The molecule has 3 aromatic rings. The molecule has 2 heterocycles. The largest absolute Gasteiger partial charge is 0.416 e. The molecule has 0 saturated heterocycles. The molecule has 0 amide bonds. The van der Waals surface area contributed by atoms with Gasteiger partial charge in [-0.05, 0) is 28.6 Å². The Labute approximate surface area is 172 Å². The first-order chi connectivity index (χ1) is 14.7. The van der Waals surface area contributed by atoms with Crippen LogP contribution in [0.2, 0.25) is 0 Å². The molecule has 0 aliphatic carbocycles. The Hall–Kier alpha value is -3.85. The molecule has 0 bridgehead atoms. The van der Waals surface area contributed by atoms with E-state index in [1.807, 2.05) is 0 Å². The molecule has 10 nitrogen and oxygen atoms in total. The van der Waals surface area contributed by atoms with Crippen LogP contribution in [0.5, 0.6) is 0 Å². The van der Waals surface area contributed by atoms with Crippen molar-refractivity contribution in [3.05, 3.63) is 61.7 Å². The Morgan fingerprint density at radius 3 is 1.97 bits per heavy atom. The van der Waals surface area contributed by atoms with Crippen molar-refractivity contribution in [2.24, 2.45) is 14.1 Å². The minimum absolute atomic E-state index is 0.00460. The Bertz CT molecular complexity index is 1290. The first kappa shape index (κ1) is 22.8. The van der Waals surface area contributed by atoms with E-state index in [0.717, 1.165) is 11.7 Å². The highest BCUT2D eigenvalue weighted by Crippen LogP contribution is 2.36. The Morgan fingerprint density at radius 2 is 1.50 bits per heavy atom. The summed E-state index contributed by atoms with van der Waals surface area (Å²) >= 11 is 0. The van der Waals surface area contributed by atoms with Gasteiger partial charge < -0.3 is 0 Å². The van der Waals surface area contributed by atoms with Crippen molar-refractivity contribution in [2.75, 3.05) is 0 Å². The van der Waals surface area contributed by atoms with Crippen LogP contribution in [-0.2, 0) is 32.9 Å². The van der Waals surface area contributed by atoms with Crippen molar-refractivity contribution in [1.29, 1.82) is 0 Å². The smallest absolute Gasteiger partial charge is 0.292 e. The van der Waals surface area contributed by atoms with Gasteiger partial charge in [-0.3, -0.25) is 9.59 Å². The molecule has 3 rings (SSSR count). The normalized spacial score (nSPS) is 12.2. The van der Waals surface area contributed by atoms with Crippen LogP contribution >= 0.6 is 0 Å². The summed E-state index contributed by atoms with van der Waals surface area (Å²) < 4.78 is 80.5. The van der Waals surface area contributed by atoms with Crippen molar-refractivity contribution >= 4 is 5.78 Å². The van der Waals surface area contributed by atoms with E-state index in [-0.39, 0.29) is 28.6 Å². The average Bonchev–Trinajstić information content (AvgIpc) is 3.07. The first-order valence-electron chi connectivity index (χ1n) is 8.45. The summed E-state index contributed by atoms with van der Waals surface area (Å²) in [6.45, 7) is 0. The van der Waals surface area contributed by atoms with Crippen molar-refractivity contribution in [1.82, 2.24) is 34.6 Å². The molecule has 2 aromatic heterocycles. The lowest BCUT2D eigenvalue weighted by molar-refractivity contribution is -0.143. The number of aryl methyl sites for hydroxylation is 2. The number of Topliss-reactive ketones (excluding diaryl/α,β-unsaturated/α-hetero) is 1. The van der Waals surface area contributed by atoms with E-state index < -0.39 is 58.3 Å². The van der Waals surface area contributed by atoms with Gasteiger partial charge in [0.05, 0.1) is 23.2 Å². The Morgan fingerprint density at radius 1 is 0.938 bits per heavy atom. The molecule has 32 heavy (non-hydrogen) atoms. The van der Waals surface area contributed by atoms with Gasteiger partial charge in [0.1, 0.15) is 0 Å². The summed E-state index contributed by atoms with van der Waals surface area (Å²) in [6.07, 6.45) is -11.0. The van der Waals surface area contributed by atoms with Gasteiger partial charge in [0.2, 0.25) is 0 Å². The van der Waals surface area contributed by atoms with E-state index in [1.165, 1.54) is 7.05 Å². The van der Waals surface area contributed by atoms with E-state index in [4.69, 9.17) is 0 Å². The molecule has 0 spiro atoms. The van der Waals surface area contributed by atoms with Gasteiger partial charge in [0, 0.05) is 14.1 Å². The van der Waals surface area contributed by atoms with Gasteiger partial charge in [-0.1, -0.05) is 0 Å². The third-order valence-electron chi connectivity index (χ3n) is 4.25. The minimum Gasteiger partial charge on any atom is -0.292 e. The van der Waals surface area contributed by atoms with E-state index in [1.54, 1.807) is 0 Å². The summed E-state index contributed by atoms with van der Waals surface area (Å²) in [5, 5.41) is 13.8. The molecule has 1 aromatic carbocycles. The van der Waals surface area contributed by atoms with Crippen molar-refractivity contribution in [2.45, 2.75) is 18.8 Å². The standard InChI is InChI=1S/C16H11F6N7O3/c1-27-11(23-25-26-27)6-10(30)12-13(31)29(14(32)28(2)24-12)9-4-7(15(17,18)19)3-8(5-9)16(20,21)22/h3-5H,6H2,1-2H3. The van der Waals surface area contributed by atoms with Crippen LogP contribution in [0.15, 0.2) is 27.8 Å². The number of ketones is 1. The monoisotopic (exact) mass is 463 g/mol. The quantitative estimate of drug-likeness (QED) is 0.417. The summed E-state index contributed by atoms with van der Waals surface area (Å²) in [6, 6.07) is 0.227. The van der Waals surface area contributed by atoms with Crippen LogP contribution in [0.4, 0.5) is 26.3 Å². The van der Waals surface area contributed by atoms with Crippen LogP contribution in [0, 0.1) is 0 Å². The number of rotatable bonds is 4. The van der Waals surface area contributed by atoms with Gasteiger partial charge in [-0.2, -0.15) is 31.4 Å². The van der Waals surface area contributed by atoms with E-state index >= 15 is 0 Å². The number of alkyl halides is 6. The second kappa shape index (κ2) is 7.69. The molecule has 16 heteroatoms. The third kappa shape index (κ3) is 4.28. The molecular weight excluding hydrogens is 452 g/mol. The average molecular weight is 463 g/mol. The van der Waals surface area contributed by atoms with Crippen molar-refractivity contribution < 1.29 is 31.1 Å². The number of benzene rings is 1. The fourth-order valence-corrected chi connectivity index (χ4v) is 2.67. The lowest BCUT2D eigenvalue weighted by Crippen LogP contribution is -2.43. The lowest BCUT2D eigenvalue weighted by Gasteiger charge is -2.15. The molecule has 0 radical (unpaired) electrons. The summed E-state index contributed by atoms with van der Waals surface area (Å²) in [5.74, 6) is -1.02. The molecule has 170 valence electrons. The predicted octanol–water partition coefficient (Wildman–Crippen LogP) is 0.918. The van der Waals surface area contributed by atoms with Gasteiger partial charge >= 0.3 is 18.0 Å². The van der Waals surface area contributed by atoms with E-state index in [0.29, 0.717) is 4.68 Å². The topological polar surface area (TPSA) is 118 Å². The second-order valence-electron chi connectivity index (χ2n) is 6.48. The summed E-state index contributed by atoms with van der Waals surface area (Å²) in [4.78, 5) is 37.7. The number of aromatic nitrogens is 7. The van der Waals surface area contributed by atoms with Crippen molar-refractivity contribution in [3.8, 4) is 5.69 Å². The first-order valence-corrected chi connectivity index (χ1v) is 8.45. The SMILES string of the molecule is Cn1nnnc1CC(=O)c1nn(C)c(=O)n(-c2cc(C(F)(F)F)cc(C(F)(F)F)c2)c1=O. The predicted molar refractivity (Wildman–Crippen MR) is 91.9 cm³/mol. The number of nitrogens with zero attached hydrogens (tertiary/aromatic N) is 7. The van der Waals surface area contributed by atoms with Crippen LogP contribution in [0.25, 0.3) is 5.69 Å². The zero-order chi connectivity index (χ0) is 24.0. The van der Waals surface area contributed by atoms with Crippen LogP contribution in [0.1, 0.15) is 27.4 Å². The Kier molecular flexibility index (Phi) is 5.48. The van der Waals surface area contributed by atoms with Gasteiger partial charge in [-0.25, -0.2) is 18.7 Å². The zero-order valence-corrected chi connectivity index (χ0v) is 16.1. The second-order valence-corrected chi connectivity index (χ2v) is 6.48. The number of hydrogen-bond acceptors (Lipinski definition) is 7. The highest BCUT2D eigenvalue weighted by molar-refractivity contribution is 5.94. The Balaban J connectivity index is 2.25. The van der Waals surface area contributed by atoms with Crippen LogP contribution in [-0.4, -0.2) is 40.3 Å². The molecule has 0 N–H and O–H groups in total. The molecule has 0 aliphatic rings. The summed E-state index contributed by atoms with van der Waals surface area (Å²) in [5.41, 5.74) is -8.28. The fourth-order valence-electron chi connectivity index (χ4n) is 2.67. The molecule has 0 unspecified atom stereocenters. The maximum Gasteiger partial charge on any atom is 0.416 e. The summed E-state index contributed by atoms with van der Waals surface area (Å²) in [7, 11) is 2.35. The maximum absolute atomic E-state index is 13.2. The van der Waals surface area contributed by atoms with Gasteiger partial charge in [0.15, 0.2) is 17.3 Å². The number of hydrogen-bond donors (Lipinski definition) is 0. The molecular formula is C16H11F6N7O3. The molecule has 0 saturated carbocycles. The van der Waals surface area contributed by atoms with E-state index in [2.05, 4.69) is 20.6 Å². The fraction of sp³-hybridized carbons (Fsp3) is 0.312. The lowest BCUT2D eigenvalue weighted by atomic mass is 10.1. The maximum atomic E-state index is 13.2. The number of carbonyl (C=O) groups excluding carboxylic acids is 1. The molecule has 0 fully saturated rings. The molecule has 0 atom stereocenters.